The topological polar surface area (TPSA) is 3.24 Å². The van der Waals surface area contributed by atoms with Crippen LogP contribution in [0.4, 0.5) is 0 Å². The molecular formula is C11H23NS. The second-order valence-corrected chi connectivity index (χ2v) is 5.44. The maximum Gasteiger partial charge on any atom is 0.0211 e. The van der Waals surface area contributed by atoms with E-state index in [4.69, 9.17) is 0 Å². The summed E-state index contributed by atoms with van der Waals surface area (Å²) in [6.07, 6.45) is 5.75. The summed E-state index contributed by atoms with van der Waals surface area (Å²) in [6.45, 7) is 5.75. The molecule has 1 fully saturated rings. The Kier molecular flexibility index (Phi) is 5.18. The van der Waals surface area contributed by atoms with Crippen LogP contribution in [0.5, 0.6) is 0 Å². The molecule has 1 rings (SSSR count). The number of hydrogen-bond acceptors (Lipinski definition) is 2. The van der Waals surface area contributed by atoms with Gasteiger partial charge < -0.3 is 4.90 Å². The van der Waals surface area contributed by atoms with Crippen molar-refractivity contribution in [3.05, 3.63) is 0 Å². The van der Waals surface area contributed by atoms with Crippen LogP contribution in [0.1, 0.15) is 39.5 Å². The number of thioether (sulfide) groups is 1. The predicted molar refractivity (Wildman–Crippen MR) is 62.5 cm³/mol. The number of hydrogen-bond donors (Lipinski definition) is 0. The van der Waals surface area contributed by atoms with Gasteiger partial charge in [-0.3, -0.25) is 0 Å². The van der Waals surface area contributed by atoms with Crippen molar-refractivity contribution in [1.82, 2.24) is 4.90 Å². The first-order chi connectivity index (χ1) is 6.29. The molecule has 2 heteroatoms. The summed E-state index contributed by atoms with van der Waals surface area (Å²) in [4.78, 5) is 2.53. The standard InChI is InChI=1S/C11H23NS/c1-4-12(3)10-8-6-7-9-11(10)13-5-2/h10-11H,4-9H2,1-3H3. The van der Waals surface area contributed by atoms with Crippen molar-refractivity contribution in [3.63, 3.8) is 0 Å². The second kappa shape index (κ2) is 5.92. The first-order valence-electron chi connectivity index (χ1n) is 5.61. The van der Waals surface area contributed by atoms with Crippen molar-refractivity contribution in [2.45, 2.75) is 50.8 Å². The lowest BCUT2D eigenvalue weighted by molar-refractivity contribution is 0.207. The Balaban J connectivity index is 2.45. The minimum absolute atomic E-state index is 0.851. The highest BCUT2D eigenvalue weighted by Crippen LogP contribution is 2.31. The minimum atomic E-state index is 0.851. The Bertz CT molecular complexity index is 136. The molecule has 2 atom stereocenters. The zero-order valence-corrected chi connectivity index (χ0v) is 10.1. The largest absolute Gasteiger partial charge is 0.303 e. The fraction of sp³-hybridized carbons (Fsp3) is 1.00. The van der Waals surface area contributed by atoms with E-state index in [-0.39, 0.29) is 0 Å². The van der Waals surface area contributed by atoms with Gasteiger partial charge in [0.15, 0.2) is 0 Å². The van der Waals surface area contributed by atoms with Gasteiger partial charge in [0, 0.05) is 11.3 Å². The summed E-state index contributed by atoms with van der Waals surface area (Å²) in [7, 11) is 2.28. The third kappa shape index (κ3) is 3.17. The van der Waals surface area contributed by atoms with Crippen molar-refractivity contribution >= 4 is 11.8 Å². The number of nitrogens with zero attached hydrogens (tertiary/aromatic N) is 1. The van der Waals surface area contributed by atoms with Gasteiger partial charge in [-0.2, -0.15) is 11.8 Å². The highest BCUT2D eigenvalue weighted by Gasteiger charge is 2.27. The fourth-order valence-electron chi connectivity index (χ4n) is 2.22. The van der Waals surface area contributed by atoms with Gasteiger partial charge in [0.05, 0.1) is 0 Å². The van der Waals surface area contributed by atoms with Gasteiger partial charge in [-0.25, -0.2) is 0 Å². The summed E-state index contributed by atoms with van der Waals surface area (Å²) in [5, 5.41) is 0.906. The smallest absolute Gasteiger partial charge is 0.0211 e. The van der Waals surface area contributed by atoms with Crippen LogP contribution in [0, 0.1) is 0 Å². The van der Waals surface area contributed by atoms with Gasteiger partial charge in [0.2, 0.25) is 0 Å². The highest BCUT2D eigenvalue weighted by atomic mass is 32.2. The Morgan fingerprint density at radius 1 is 1.23 bits per heavy atom. The van der Waals surface area contributed by atoms with E-state index in [1.165, 1.54) is 38.0 Å². The Morgan fingerprint density at radius 3 is 2.54 bits per heavy atom. The molecule has 13 heavy (non-hydrogen) atoms. The molecule has 1 aliphatic rings. The molecule has 0 bridgehead atoms. The zero-order valence-electron chi connectivity index (χ0n) is 9.25. The lowest BCUT2D eigenvalue weighted by Gasteiger charge is -2.37. The van der Waals surface area contributed by atoms with Crippen LogP contribution in [0.25, 0.3) is 0 Å². The quantitative estimate of drug-likeness (QED) is 0.688. The molecule has 0 saturated heterocycles. The van der Waals surface area contributed by atoms with E-state index < -0.39 is 0 Å². The third-order valence-electron chi connectivity index (χ3n) is 3.11. The lowest BCUT2D eigenvalue weighted by atomic mass is 9.94. The molecule has 1 nitrogen and oxygen atoms in total. The Morgan fingerprint density at radius 2 is 1.92 bits per heavy atom. The van der Waals surface area contributed by atoms with Crippen LogP contribution >= 0.6 is 11.8 Å². The Hall–Kier alpha value is 0.310. The van der Waals surface area contributed by atoms with E-state index in [9.17, 15) is 0 Å². The van der Waals surface area contributed by atoms with E-state index in [2.05, 4.69) is 37.6 Å². The second-order valence-electron chi connectivity index (χ2n) is 3.92. The lowest BCUT2D eigenvalue weighted by Crippen LogP contribution is -2.41. The molecular weight excluding hydrogens is 178 g/mol. The maximum atomic E-state index is 2.53. The molecule has 0 spiro atoms. The summed E-state index contributed by atoms with van der Waals surface area (Å²) < 4.78 is 0. The van der Waals surface area contributed by atoms with E-state index in [0.717, 1.165) is 11.3 Å². The molecule has 78 valence electrons. The van der Waals surface area contributed by atoms with Crippen LogP contribution in [0.3, 0.4) is 0 Å². The van der Waals surface area contributed by atoms with Crippen molar-refractivity contribution < 1.29 is 0 Å². The molecule has 2 unspecified atom stereocenters. The van der Waals surface area contributed by atoms with Gasteiger partial charge in [-0.1, -0.05) is 26.7 Å². The molecule has 0 aliphatic heterocycles. The van der Waals surface area contributed by atoms with Crippen LogP contribution < -0.4 is 0 Å². The molecule has 0 heterocycles. The van der Waals surface area contributed by atoms with E-state index in [1.807, 2.05) is 0 Å². The van der Waals surface area contributed by atoms with E-state index >= 15 is 0 Å². The Labute approximate surface area is 87.3 Å². The van der Waals surface area contributed by atoms with Gasteiger partial charge >= 0.3 is 0 Å². The number of rotatable bonds is 4. The summed E-state index contributed by atoms with van der Waals surface area (Å²) in [5.74, 6) is 1.28. The SMILES string of the molecule is CCSC1CCCCC1N(C)CC. The first-order valence-corrected chi connectivity index (χ1v) is 6.66. The summed E-state index contributed by atoms with van der Waals surface area (Å²) in [5.41, 5.74) is 0. The fourth-order valence-corrected chi connectivity index (χ4v) is 3.55. The van der Waals surface area contributed by atoms with Gasteiger partial charge in [0.25, 0.3) is 0 Å². The van der Waals surface area contributed by atoms with Crippen molar-refractivity contribution in [1.29, 1.82) is 0 Å². The third-order valence-corrected chi connectivity index (χ3v) is 4.42. The average Bonchev–Trinajstić information content (AvgIpc) is 2.18. The minimum Gasteiger partial charge on any atom is -0.303 e. The van der Waals surface area contributed by atoms with Crippen LogP contribution in [-0.4, -0.2) is 35.5 Å². The van der Waals surface area contributed by atoms with Gasteiger partial charge in [-0.05, 0) is 32.2 Å². The average molecular weight is 201 g/mol. The normalized spacial score (nSPS) is 29.5. The van der Waals surface area contributed by atoms with Crippen molar-refractivity contribution in [2.75, 3.05) is 19.3 Å². The molecule has 0 amide bonds. The van der Waals surface area contributed by atoms with Crippen LogP contribution in [-0.2, 0) is 0 Å². The summed E-state index contributed by atoms with van der Waals surface area (Å²) in [6, 6.07) is 0.851. The highest BCUT2D eigenvalue weighted by molar-refractivity contribution is 7.99. The van der Waals surface area contributed by atoms with Crippen LogP contribution in [0.2, 0.25) is 0 Å². The zero-order chi connectivity index (χ0) is 9.68. The first kappa shape index (κ1) is 11.4. The van der Waals surface area contributed by atoms with E-state index in [0.29, 0.717) is 0 Å². The van der Waals surface area contributed by atoms with Crippen LogP contribution in [0.15, 0.2) is 0 Å². The summed E-state index contributed by atoms with van der Waals surface area (Å²) >= 11 is 2.16. The maximum absolute atomic E-state index is 2.53. The molecule has 0 aromatic carbocycles. The molecule has 1 aliphatic carbocycles. The predicted octanol–water partition coefficient (Wildman–Crippen LogP) is 3.00. The van der Waals surface area contributed by atoms with Crippen molar-refractivity contribution in [2.24, 2.45) is 0 Å². The van der Waals surface area contributed by atoms with Gasteiger partial charge in [0.1, 0.15) is 0 Å². The monoisotopic (exact) mass is 201 g/mol. The molecule has 1 saturated carbocycles. The molecule has 0 radical (unpaired) electrons. The van der Waals surface area contributed by atoms with Crippen molar-refractivity contribution in [3.8, 4) is 0 Å². The molecule has 0 N–H and O–H groups in total. The van der Waals surface area contributed by atoms with E-state index in [1.54, 1.807) is 0 Å². The molecule has 0 aromatic rings. The van der Waals surface area contributed by atoms with Gasteiger partial charge in [-0.15, -0.1) is 0 Å². The molecule has 0 aromatic heterocycles.